The Hall–Kier alpha value is -2.54. The molecule has 1 saturated heterocycles. The van der Waals surface area contributed by atoms with Crippen LogP contribution < -0.4 is 14.8 Å². The average Bonchev–Trinajstić information content (AvgIpc) is 3.26. The molecule has 2 unspecified atom stereocenters. The smallest absolute Gasteiger partial charge is 0.263 e. The van der Waals surface area contributed by atoms with Gasteiger partial charge in [0.25, 0.3) is 5.91 Å². The van der Waals surface area contributed by atoms with Crippen molar-refractivity contribution in [2.45, 2.75) is 18.9 Å². The van der Waals surface area contributed by atoms with Crippen LogP contribution in [0.15, 0.2) is 41.8 Å². The summed E-state index contributed by atoms with van der Waals surface area (Å²) in [6.07, 6.45) is 1.42. The SMILES string of the molecule is O=C(NCC1COc2ccccc2O1)C1CCCN(C(=O)c2cccs2)C1. The van der Waals surface area contributed by atoms with Crippen molar-refractivity contribution in [1.29, 1.82) is 0 Å². The van der Waals surface area contributed by atoms with Gasteiger partial charge in [-0.2, -0.15) is 0 Å². The Labute approximate surface area is 162 Å². The summed E-state index contributed by atoms with van der Waals surface area (Å²) in [5.74, 6) is 1.24. The predicted octanol–water partition coefficient (Wildman–Crippen LogP) is 2.56. The molecule has 0 radical (unpaired) electrons. The van der Waals surface area contributed by atoms with Crippen molar-refractivity contribution >= 4 is 23.2 Å². The van der Waals surface area contributed by atoms with E-state index < -0.39 is 0 Å². The van der Waals surface area contributed by atoms with Gasteiger partial charge in [0.2, 0.25) is 5.91 Å². The number of benzene rings is 1. The molecule has 4 rings (SSSR count). The fourth-order valence-corrected chi connectivity index (χ4v) is 4.14. The van der Waals surface area contributed by atoms with E-state index in [9.17, 15) is 9.59 Å². The zero-order valence-electron chi connectivity index (χ0n) is 14.9. The number of hydrogen-bond donors (Lipinski definition) is 1. The Balaban J connectivity index is 1.29. The van der Waals surface area contributed by atoms with E-state index >= 15 is 0 Å². The van der Waals surface area contributed by atoms with E-state index in [1.807, 2.05) is 41.8 Å². The van der Waals surface area contributed by atoms with Crippen molar-refractivity contribution in [3.05, 3.63) is 46.7 Å². The maximum atomic E-state index is 12.6. The van der Waals surface area contributed by atoms with E-state index in [0.29, 0.717) is 32.0 Å². The molecule has 0 bridgehead atoms. The molecule has 7 heteroatoms. The normalized spacial score (nSPS) is 21.6. The van der Waals surface area contributed by atoms with Gasteiger partial charge in [0.15, 0.2) is 11.5 Å². The number of carbonyl (C=O) groups excluding carboxylic acids is 2. The summed E-state index contributed by atoms with van der Waals surface area (Å²) >= 11 is 1.44. The average molecular weight is 386 g/mol. The Bertz CT molecular complexity index is 808. The van der Waals surface area contributed by atoms with Crippen LogP contribution >= 0.6 is 11.3 Å². The number of likely N-dealkylation sites (tertiary alicyclic amines) is 1. The third-order valence-electron chi connectivity index (χ3n) is 4.88. The van der Waals surface area contributed by atoms with Gasteiger partial charge in [-0.05, 0) is 36.4 Å². The Morgan fingerprint density at radius 2 is 2.04 bits per heavy atom. The van der Waals surface area contributed by atoms with E-state index in [1.165, 1.54) is 11.3 Å². The molecule has 1 aromatic carbocycles. The van der Waals surface area contributed by atoms with E-state index in [-0.39, 0.29) is 23.8 Å². The Morgan fingerprint density at radius 1 is 1.19 bits per heavy atom. The third-order valence-corrected chi connectivity index (χ3v) is 5.74. The van der Waals surface area contributed by atoms with Gasteiger partial charge in [-0.1, -0.05) is 18.2 Å². The summed E-state index contributed by atoms with van der Waals surface area (Å²) in [7, 11) is 0. The van der Waals surface area contributed by atoms with Crippen LogP contribution in [0.1, 0.15) is 22.5 Å². The molecule has 1 aromatic heterocycles. The first-order chi connectivity index (χ1) is 13.2. The van der Waals surface area contributed by atoms with Crippen LogP contribution in [0, 0.1) is 5.92 Å². The van der Waals surface area contributed by atoms with E-state index in [1.54, 1.807) is 4.90 Å². The highest BCUT2D eigenvalue weighted by Gasteiger charge is 2.30. The zero-order valence-corrected chi connectivity index (χ0v) is 15.7. The van der Waals surface area contributed by atoms with Gasteiger partial charge in [0.1, 0.15) is 12.7 Å². The second kappa shape index (κ2) is 8.00. The van der Waals surface area contributed by atoms with Crippen molar-refractivity contribution < 1.29 is 19.1 Å². The molecule has 2 aliphatic heterocycles. The molecule has 1 N–H and O–H groups in total. The minimum Gasteiger partial charge on any atom is -0.486 e. The molecule has 2 atom stereocenters. The molecule has 0 aliphatic carbocycles. The number of hydrogen-bond acceptors (Lipinski definition) is 5. The topological polar surface area (TPSA) is 67.9 Å². The molecule has 2 aromatic rings. The van der Waals surface area contributed by atoms with Gasteiger partial charge in [0.05, 0.1) is 17.3 Å². The highest BCUT2D eigenvalue weighted by molar-refractivity contribution is 7.12. The number of ether oxygens (including phenoxy) is 2. The molecule has 142 valence electrons. The highest BCUT2D eigenvalue weighted by atomic mass is 32.1. The largest absolute Gasteiger partial charge is 0.486 e. The lowest BCUT2D eigenvalue weighted by Crippen LogP contribution is -2.48. The first kappa shape index (κ1) is 17.9. The maximum Gasteiger partial charge on any atom is 0.263 e. The Morgan fingerprint density at radius 3 is 2.85 bits per heavy atom. The van der Waals surface area contributed by atoms with Crippen LogP contribution in [0.4, 0.5) is 0 Å². The lowest BCUT2D eigenvalue weighted by Gasteiger charge is -2.32. The van der Waals surface area contributed by atoms with Crippen molar-refractivity contribution in [2.24, 2.45) is 5.92 Å². The van der Waals surface area contributed by atoms with Crippen LogP contribution in [0.3, 0.4) is 0 Å². The number of carbonyl (C=O) groups is 2. The number of para-hydroxylation sites is 2. The summed E-state index contributed by atoms with van der Waals surface area (Å²) in [6, 6.07) is 11.2. The van der Waals surface area contributed by atoms with Gasteiger partial charge in [-0.3, -0.25) is 9.59 Å². The number of fused-ring (bicyclic) bond motifs is 1. The van der Waals surface area contributed by atoms with Crippen LogP contribution in [0.2, 0.25) is 0 Å². The number of nitrogens with zero attached hydrogens (tertiary/aromatic N) is 1. The Kier molecular flexibility index (Phi) is 5.29. The second-order valence-electron chi connectivity index (χ2n) is 6.81. The van der Waals surface area contributed by atoms with Crippen LogP contribution in [-0.4, -0.2) is 49.1 Å². The number of thiophene rings is 1. The van der Waals surface area contributed by atoms with Crippen molar-refractivity contribution in [3.8, 4) is 11.5 Å². The summed E-state index contributed by atoms with van der Waals surface area (Å²) in [6.45, 7) is 1.97. The summed E-state index contributed by atoms with van der Waals surface area (Å²) < 4.78 is 11.6. The third kappa shape index (κ3) is 4.08. The molecule has 2 amide bonds. The van der Waals surface area contributed by atoms with Crippen LogP contribution in [0.25, 0.3) is 0 Å². The highest BCUT2D eigenvalue weighted by Crippen LogP contribution is 2.30. The van der Waals surface area contributed by atoms with Crippen LogP contribution in [-0.2, 0) is 4.79 Å². The molecule has 3 heterocycles. The maximum absolute atomic E-state index is 12.6. The number of rotatable bonds is 4. The van der Waals surface area contributed by atoms with Crippen molar-refractivity contribution in [1.82, 2.24) is 10.2 Å². The fourth-order valence-electron chi connectivity index (χ4n) is 3.45. The minimum atomic E-state index is -0.212. The summed E-state index contributed by atoms with van der Waals surface area (Å²) in [5, 5.41) is 4.86. The van der Waals surface area contributed by atoms with Gasteiger partial charge in [-0.15, -0.1) is 11.3 Å². The number of nitrogens with one attached hydrogen (secondary N) is 1. The first-order valence-corrected chi connectivity index (χ1v) is 10.1. The van der Waals surface area contributed by atoms with Gasteiger partial charge in [-0.25, -0.2) is 0 Å². The van der Waals surface area contributed by atoms with E-state index in [2.05, 4.69) is 5.32 Å². The summed E-state index contributed by atoms with van der Waals surface area (Å²) in [4.78, 5) is 27.6. The molecular weight excluding hydrogens is 364 g/mol. The fraction of sp³-hybridized carbons (Fsp3) is 0.400. The van der Waals surface area contributed by atoms with Crippen LogP contribution in [0.5, 0.6) is 11.5 Å². The van der Waals surface area contributed by atoms with E-state index in [4.69, 9.17) is 9.47 Å². The zero-order chi connectivity index (χ0) is 18.6. The predicted molar refractivity (Wildman–Crippen MR) is 102 cm³/mol. The van der Waals surface area contributed by atoms with Crippen molar-refractivity contribution in [2.75, 3.05) is 26.2 Å². The molecular formula is C20H22N2O4S. The first-order valence-electron chi connectivity index (χ1n) is 9.19. The lowest BCUT2D eigenvalue weighted by atomic mass is 9.97. The van der Waals surface area contributed by atoms with Gasteiger partial charge >= 0.3 is 0 Å². The molecule has 6 nitrogen and oxygen atoms in total. The quantitative estimate of drug-likeness (QED) is 0.877. The molecule has 27 heavy (non-hydrogen) atoms. The van der Waals surface area contributed by atoms with Crippen molar-refractivity contribution in [3.63, 3.8) is 0 Å². The van der Waals surface area contributed by atoms with Gasteiger partial charge in [0, 0.05) is 13.1 Å². The van der Waals surface area contributed by atoms with Gasteiger partial charge < -0.3 is 19.7 Å². The minimum absolute atomic E-state index is 0.0168. The molecule has 0 spiro atoms. The molecule has 1 fully saturated rings. The number of amides is 2. The molecule has 0 saturated carbocycles. The summed E-state index contributed by atoms with van der Waals surface area (Å²) in [5.41, 5.74) is 0. The standard InChI is InChI=1S/C20H22N2O4S/c23-19(21-11-15-13-25-16-6-1-2-7-17(16)26-15)14-5-3-9-22(12-14)20(24)18-8-4-10-27-18/h1-2,4,6-8,10,14-15H,3,5,9,11-13H2,(H,21,23). The van der Waals surface area contributed by atoms with E-state index in [0.717, 1.165) is 23.5 Å². The second-order valence-corrected chi connectivity index (χ2v) is 7.76. The monoisotopic (exact) mass is 386 g/mol. The lowest BCUT2D eigenvalue weighted by molar-refractivity contribution is -0.126. The number of piperidine rings is 1. The molecule has 2 aliphatic rings.